The Morgan fingerprint density at radius 3 is 2.33 bits per heavy atom. The molecule has 0 fully saturated rings. The molecule has 0 spiro atoms. The SMILES string of the molecule is NNc1cc(Nc2cc(Br)ccc2Br)nc(C(F)(F)F)n1. The van der Waals surface area contributed by atoms with Crippen molar-refractivity contribution in [2.24, 2.45) is 5.84 Å². The van der Waals surface area contributed by atoms with Gasteiger partial charge in [-0.15, -0.1) is 0 Å². The Labute approximate surface area is 134 Å². The Morgan fingerprint density at radius 2 is 1.71 bits per heavy atom. The van der Waals surface area contributed by atoms with Gasteiger partial charge in [0, 0.05) is 15.0 Å². The van der Waals surface area contributed by atoms with Gasteiger partial charge in [0.1, 0.15) is 11.6 Å². The number of aromatic nitrogens is 2. The summed E-state index contributed by atoms with van der Waals surface area (Å²) in [7, 11) is 0. The average Bonchev–Trinajstić information content (AvgIpc) is 2.41. The molecule has 1 heterocycles. The minimum atomic E-state index is -4.67. The van der Waals surface area contributed by atoms with Crippen LogP contribution in [0.2, 0.25) is 0 Å². The molecule has 0 bridgehead atoms. The number of rotatable bonds is 3. The highest BCUT2D eigenvalue weighted by Crippen LogP contribution is 2.31. The molecule has 0 amide bonds. The lowest BCUT2D eigenvalue weighted by molar-refractivity contribution is -0.144. The minimum absolute atomic E-state index is 0.0379. The van der Waals surface area contributed by atoms with Crippen molar-refractivity contribution in [3.63, 3.8) is 0 Å². The normalized spacial score (nSPS) is 11.3. The summed E-state index contributed by atoms with van der Waals surface area (Å²) in [6.07, 6.45) is -4.67. The summed E-state index contributed by atoms with van der Waals surface area (Å²) >= 11 is 6.57. The Balaban J connectivity index is 2.42. The Kier molecular flexibility index (Phi) is 4.69. The van der Waals surface area contributed by atoms with Crippen molar-refractivity contribution in [1.82, 2.24) is 9.97 Å². The third kappa shape index (κ3) is 4.05. The molecule has 0 atom stereocenters. The number of halogens is 5. The molecule has 1 aromatic heterocycles. The number of benzene rings is 1. The Morgan fingerprint density at radius 1 is 1.05 bits per heavy atom. The predicted octanol–water partition coefficient (Wildman–Crippen LogP) is 4.05. The smallest absolute Gasteiger partial charge is 0.339 e. The molecular formula is C11H8Br2F3N5. The highest BCUT2D eigenvalue weighted by molar-refractivity contribution is 9.11. The number of nitrogen functional groups attached to an aromatic ring is 1. The van der Waals surface area contributed by atoms with Crippen molar-refractivity contribution in [1.29, 1.82) is 0 Å². The maximum absolute atomic E-state index is 12.7. The second-order valence-corrected chi connectivity index (χ2v) is 5.62. The van der Waals surface area contributed by atoms with Crippen molar-refractivity contribution in [2.45, 2.75) is 6.18 Å². The molecule has 0 radical (unpaired) electrons. The first kappa shape index (κ1) is 16.0. The van der Waals surface area contributed by atoms with Gasteiger partial charge < -0.3 is 10.7 Å². The fourth-order valence-electron chi connectivity index (χ4n) is 1.44. The number of hydrazine groups is 1. The van der Waals surface area contributed by atoms with Crippen LogP contribution in [0.15, 0.2) is 33.2 Å². The van der Waals surface area contributed by atoms with Gasteiger partial charge in [-0.05, 0) is 34.1 Å². The van der Waals surface area contributed by atoms with E-state index in [1.54, 1.807) is 18.2 Å². The van der Waals surface area contributed by atoms with Crippen LogP contribution in [-0.4, -0.2) is 9.97 Å². The number of hydrogen-bond acceptors (Lipinski definition) is 5. The van der Waals surface area contributed by atoms with Gasteiger partial charge >= 0.3 is 6.18 Å². The van der Waals surface area contributed by atoms with E-state index in [1.165, 1.54) is 6.07 Å². The first-order chi connectivity index (χ1) is 9.79. The van der Waals surface area contributed by atoms with Crippen molar-refractivity contribution in [3.05, 3.63) is 39.0 Å². The molecule has 0 saturated heterocycles. The van der Waals surface area contributed by atoms with E-state index < -0.39 is 12.0 Å². The zero-order valence-corrected chi connectivity index (χ0v) is 13.3. The highest BCUT2D eigenvalue weighted by atomic mass is 79.9. The molecule has 0 unspecified atom stereocenters. The molecule has 10 heteroatoms. The van der Waals surface area contributed by atoms with Crippen molar-refractivity contribution in [2.75, 3.05) is 10.7 Å². The van der Waals surface area contributed by atoms with Crippen LogP contribution in [0.5, 0.6) is 0 Å². The maximum atomic E-state index is 12.7. The van der Waals surface area contributed by atoms with Gasteiger partial charge in [-0.1, -0.05) is 15.9 Å². The second kappa shape index (κ2) is 6.16. The topological polar surface area (TPSA) is 75.9 Å². The molecule has 0 aliphatic rings. The zero-order valence-electron chi connectivity index (χ0n) is 10.2. The van der Waals surface area contributed by atoms with Gasteiger partial charge in [-0.3, -0.25) is 0 Å². The van der Waals surface area contributed by atoms with Crippen molar-refractivity contribution in [3.8, 4) is 0 Å². The number of hydrogen-bond donors (Lipinski definition) is 3. The summed E-state index contributed by atoms with van der Waals surface area (Å²) in [5.74, 6) is 3.66. The van der Waals surface area contributed by atoms with Gasteiger partial charge in [0.15, 0.2) is 0 Å². The molecule has 0 saturated carbocycles. The fraction of sp³-hybridized carbons (Fsp3) is 0.0909. The molecular weight excluding hydrogens is 419 g/mol. The Hall–Kier alpha value is -1.39. The first-order valence-electron chi connectivity index (χ1n) is 5.44. The van der Waals surface area contributed by atoms with Gasteiger partial charge in [0.2, 0.25) is 5.82 Å². The van der Waals surface area contributed by atoms with Crippen molar-refractivity contribution < 1.29 is 13.2 Å². The lowest BCUT2D eigenvalue weighted by Gasteiger charge is -2.12. The van der Waals surface area contributed by atoms with E-state index in [4.69, 9.17) is 5.84 Å². The fourth-order valence-corrected chi connectivity index (χ4v) is 2.15. The molecule has 21 heavy (non-hydrogen) atoms. The first-order valence-corrected chi connectivity index (χ1v) is 7.03. The number of anilines is 3. The average molecular weight is 427 g/mol. The van der Waals surface area contributed by atoms with E-state index >= 15 is 0 Å². The van der Waals surface area contributed by atoms with E-state index in [1.807, 2.05) is 0 Å². The molecule has 4 N–H and O–H groups in total. The van der Waals surface area contributed by atoms with Gasteiger partial charge in [0.25, 0.3) is 0 Å². The standard InChI is InChI=1S/C11H8Br2F3N5/c12-5-1-2-6(13)7(3-5)18-8-4-9(21-17)20-10(19-8)11(14,15)16/h1-4H,17H2,(H2,18,19,20,21). The second-order valence-electron chi connectivity index (χ2n) is 3.85. The third-order valence-corrected chi connectivity index (χ3v) is 3.50. The largest absolute Gasteiger partial charge is 0.451 e. The molecule has 1 aromatic carbocycles. The van der Waals surface area contributed by atoms with E-state index in [9.17, 15) is 13.2 Å². The molecule has 2 aromatic rings. The van der Waals surface area contributed by atoms with Crippen LogP contribution in [0.1, 0.15) is 5.82 Å². The summed E-state index contributed by atoms with van der Waals surface area (Å²) in [6, 6.07) is 6.47. The van der Waals surface area contributed by atoms with Gasteiger partial charge in [-0.2, -0.15) is 13.2 Å². The van der Waals surface area contributed by atoms with E-state index in [0.717, 1.165) is 4.47 Å². The highest BCUT2D eigenvalue weighted by Gasteiger charge is 2.35. The van der Waals surface area contributed by atoms with Crippen LogP contribution in [-0.2, 0) is 6.18 Å². The number of nitrogens with two attached hydrogens (primary N) is 1. The Bertz CT molecular complexity index is 663. The molecule has 112 valence electrons. The van der Waals surface area contributed by atoms with Crippen LogP contribution in [0.3, 0.4) is 0 Å². The van der Waals surface area contributed by atoms with Crippen LogP contribution in [0.4, 0.5) is 30.5 Å². The van der Waals surface area contributed by atoms with Crippen LogP contribution in [0, 0.1) is 0 Å². The molecule has 0 aliphatic heterocycles. The van der Waals surface area contributed by atoms with Gasteiger partial charge in [0.05, 0.1) is 5.69 Å². The zero-order chi connectivity index (χ0) is 15.6. The summed E-state index contributed by atoms with van der Waals surface area (Å²) < 4.78 is 39.6. The number of alkyl halides is 3. The van der Waals surface area contributed by atoms with Gasteiger partial charge in [-0.25, -0.2) is 15.8 Å². The van der Waals surface area contributed by atoms with Crippen molar-refractivity contribution >= 4 is 49.2 Å². The monoisotopic (exact) mass is 425 g/mol. The lowest BCUT2D eigenvalue weighted by Crippen LogP contribution is -2.16. The molecule has 0 aliphatic carbocycles. The van der Waals surface area contributed by atoms with E-state index in [0.29, 0.717) is 10.2 Å². The van der Waals surface area contributed by atoms with E-state index in [-0.39, 0.29) is 11.6 Å². The molecule has 5 nitrogen and oxygen atoms in total. The molecule has 2 rings (SSSR count). The summed E-state index contributed by atoms with van der Waals surface area (Å²) in [5.41, 5.74) is 2.62. The van der Waals surface area contributed by atoms with E-state index in [2.05, 4.69) is 52.6 Å². The van der Waals surface area contributed by atoms with Crippen LogP contribution < -0.4 is 16.6 Å². The number of nitrogens with zero attached hydrogens (tertiary/aromatic N) is 2. The maximum Gasteiger partial charge on any atom is 0.451 e. The summed E-state index contributed by atoms with van der Waals surface area (Å²) in [6.45, 7) is 0. The summed E-state index contributed by atoms with van der Waals surface area (Å²) in [4.78, 5) is 6.71. The third-order valence-electron chi connectivity index (χ3n) is 2.32. The predicted molar refractivity (Wildman–Crippen MR) is 80.0 cm³/mol. The lowest BCUT2D eigenvalue weighted by atomic mass is 10.3. The van der Waals surface area contributed by atoms with Crippen LogP contribution >= 0.6 is 31.9 Å². The van der Waals surface area contributed by atoms with Crippen LogP contribution in [0.25, 0.3) is 0 Å². The quantitative estimate of drug-likeness (QED) is 0.510. The summed E-state index contributed by atoms with van der Waals surface area (Å²) in [5, 5.41) is 2.78. The number of nitrogens with one attached hydrogen (secondary N) is 2. The minimum Gasteiger partial charge on any atom is -0.339 e.